The van der Waals surface area contributed by atoms with Crippen LogP contribution in [0.2, 0.25) is 4.34 Å². The van der Waals surface area contributed by atoms with E-state index in [0.717, 1.165) is 23.5 Å². The van der Waals surface area contributed by atoms with Crippen molar-refractivity contribution in [2.75, 3.05) is 19.0 Å². The van der Waals surface area contributed by atoms with Gasteiger partial charge in [0.25, 0.3) is 0 Å². The standard InChI is InChI=1S/C16H15ClF2N4O3S/c1-26-7-2-9(18)14(10(19)3-7)8-4-13(24)20-5-11(8)22-15(25)23-16-21-6-12(17)27-16/h2-3,6,8,11H,4-5H2,1H3,(H,20,24)(H2,21,22,23,25)/t8-,11-/m1/s1. The lowest BCUT2D eigenvalue weighted by molar-refractivity contribution is -0.123. The lowest BCUT2D eigenvalue weighted by atomic mass is 9.85. The minimum atomic E-state index is -0.879. The summed E-state index contributed by atoms with van der Waals surface area (Å²) in [5.41, 5.74) is -0.270. The van der Waals surface area contributed by atoms with Gasteiger partial charge in [-0.1, -0.05) is 22.9 Å². The van der Waals surface area contributed by atoms with E-state index in [0.29, 0.717) is 4.34 Å². The highest BCUT2D eigenvalue weighted by atomic mass is 35.5. The van der Waals surface area contributed by atoms with Gasteiger partial charge in [0.1, 0.15) is 21.7 Å². The molecule has 0 bridgehead atoms. The van der Waals surface area contributed by atoms with E-state index in [9.17, 15) is 18.4 Å². The zero-order valence-corrected chi connectivity index (χ0v) is 15.6. The van der Waals surface area contributed by atoms with Crippen molar-refractivity contribution in [1.82, 2.24) is 15.6 Å². The molecule has 3 rings (SSSR count). The number of amides is 3. The van der Waals surface area contributed by atoms with Crippen molar-refractivity contribution < 1.29 is 23.1 Å². The Labute approximate surface area is 162 Å². The van der Waals surface area contributed by atoms with E-state index < -0.39 is 29.6 Å². The van der Waals surface area contributed by atoms with Crippen molar-refractivity contribution in [1.29, 1.82) is 0 Å². The van der Waals surface area contributed by atoms with Crippen molar-refractivity contribution >= 4 is 40.0 Å². The molecule has 1 saturated heterocycles. The minimum Gasteiger partial charge on any atom is -0.497 e. The second kappa shape index (κ2) is 8.05. The van der Waals surface area contributed by atoms with Gasteiger partial charge < -0.3 is 15.4 Å². The summed E-state index contributed by atoms with van der Waals surface area (Å²) < 4.78 is 34.2. The summed E-state index contributed by atoms with van der Waals surface area (Å²) in [5, 5.41) is 7.97. The van der Waals surface area contributed by atoms with Crippen molar-refractivity contribution in [3.05, 3.63) is 39.9 Å². The number of benzene rings is 1. The summed E-state index contributed by atoms with van der Waals surface area (Å²) in [5.74, 6) is -2.90. The number of carbonyl (C=O) groups is 2. The normalized spacial score (nSPS) is 19.3. The number of thiazole rings is 1. The summed E-state index contributed by atoms with van der Waals surface area (Å²) >= 11 is 6.82. The predicted octanol–water partition coefficient (Wildman–Crippen LogP) is 2.88. The molecule has 2 heterocycles. The molecule has 0 radical (unpaired) electrons. The first-order chi connectivity index (χ1) is 12.9. The average Bonchev–Trinajstić information content (AvgIpc) is 3.01. The molecule has 0 spiro atoms. The molecule has 0 aliphatic carbocycles. The number of rotatable bonds is 4. The minimum absolute atomic E-state index is 0.0249. The lowest BCUT2D eigenvalue weighted by Crippen LogP contribution is -2.53. The van der Waals surface area contributed by atoms with Crippen molar-refractivity contribution in [3.63, 3.8) is 0 Å². The van der Waals surface area contributed by atoms with Crippen LogP contribution in [-0.2, 0) is 4.79 Å². The Morgan fingerprint density at radius 2 is 2.11 bits per heavy atom. The Bertz CT molecular complexity index is 856. The molecule has 144 valence electrons. The third-order valence-corrected chi connectivity index (χ3v) is 5.11. The molecule has 1 fully saturated rings. The van der Waals surface area contributed by atoms with E-state index >= 15 is 0 Å². The molecule has 1 aromatic heterocycles. The highest BCUT2D eigenvalue weighted by Crippen LogP contribution is 2.33. The van der Waals surface area contributed by atoms with Crippen LogP contribution in [0.3, 0.4) is 0 Å². The molecule has 0 unspecified atom stereocenters. The highest BCUT2D eigenvalue weighted by molar-refractivity contribution is 7.19. The molecule has 0 saturated carbocycles. The first-order valence-corrected chi connectivity index (χ1v) is 9.05. The van der Waals surface area contributed by atoms with Gasteiger partial charge in [-0.05, 0) is 0 Å². The third-order valence-electron chi connectivity index (χ3n) is 4.08. The summed E-state index contributed by atoms with van der Waals surface area (Å²) in [6.07, 6.45) is 1.21. The van der Waals surface area contributed by atoms with Gasteiger partial charge in [-0.15, -0.1) is 0 Å². The largest absolute Gasteiger partial charge is 0.497 e. The van der Waals surface area contributed by atoms with Crippen LogP contribution in [0.15, 0.2) is 18.3 Å². The highest BCUT2D eigenvalue weighted by Gasteiger charge is 2.35. The quantitative estimate of drug-likeness (QED) is 0.714. The smallest absolute Gasteiger partial charge is 0.321 e. The molecule has 2 aromatic rings. The Hall–Kier alpha value is -2.46. The van der Waals surface area contributed by atoms with Gasteiger partial charge in [-0.2, -0.15) is 0 Å². The summed E-state index contributed by atoms with van der Waals surface area (Å²) in [6.45, 7) is 0.0282. The second-order valence-corrected chi connectivity index (χ2v) is 7.46. The number of piperidine rings is 1. The fourth-order valence-corrected chi connectivity index (χ4v) is 3.69. The number of methoxy groups -OCH3 is 1. The number of anilines is 1. The van der Waals surface area contributed by atoms with Crippen LogP contribution in [-0.4, -0.2) is 36.6 Å². The molecule has 1 aliphatic heterocycles. The van der Waals surface area contributed by atoms with E-state index in [4.69, 9.17) is 16.3 Å². The zero-order valence-electron chi connectivity index (χ0n) is 14.0. The fraction of sp³-hybridized carbons (Fsp3) is 0.312. The summed E-state index contributed by atoms with van der Waals surface area (Å²) in [4.78, 5) is 27.9. The van der Waals surface area contributed by atoms with Gasteiger partial charge in [0, 0.05) is 36.6 Å². The van der Waals surface area contributed by atoms with E-state index in [1.165, 1.54) is 13.3 Å². The predicted molar refractivity (Wildman–Crippen MR) is 96.3 cm³/mol. The van der Waals surface area contributed by atoms with Gasteiger partial charge >= 0.3 is 6.03 Å². The number of ether oxygens (including phenoxy) is 1. The number of hydrogen-bond acceptors (Lipinski definition) is 5. The zero-order chi connectivity index (χ0) is 19.6. The molecule has 27 heavy (non-hydrogen) atoms. The van der Waals surface area contributed by atoms with Crippen LogP contribution in [0.1, 0.15) is 17.9 Å². The van der Waals surface area contributed by atoms with Gasteiger partial charge in [0.15, 0.2) is 5.13 Å². The SMILES string of the molecule is COc1cc(F)c([C@@H]2CC(=O)NC[C@H]2NC(=O)Nc2ncc(Cl)s2)c(F)c1. The van der Waals surface area contributed by atoms with Crippen LogP contribution < -0.4 is 20.7 Å². The number of hydrogen-bond donors (Lipinski definition) is 3. The maximum atomic E-state index is 14.5. The Balaban J connectivity index is 1.81. The Kier molecular flexibility index (Phi) is 5.76. The molecule has 3 N–H and O–H groups in total. The van der Waals surface area contributed by atoms with Gasteiger partial charge in [0.2, 0.25) is 5.91 Å². The average molecular weight is 417 g/mol. The van der Waals surface area contributed by atoms with Crippen LogP contribution >= 0.6 is 22.9 Å². The number of nitrogens with one attached hydrogen (secondary N) is 3. The third kappa shape index (κ3) is 4.45. The molecule has 1 aliphatic rings. The van der Waals surface area contributed by atoms with Crippen molar-refractivity contribution in [2.45, 2.75) is 18.4 Å². The van der Waals surface area contributed by atoms with Crippen LogP contribution in [0, 0.1) is 11.6 Å². The molecule has 1 aromatic carbocycles. The van der Waals surface area contributed by atoms with E-state index in [-0.39, 0.29) is 35.3 Å². The second-order valence-electron chi connectivity index (χ2n) is 5.79. The number of carbonyl (C=O) groups excluding carboxylic acids is 2. The molecular formula is C16H15ClF2N4O3S. The van der Waals surface area contributed by atoms with Gasteiger partial charge in [-0.25, -0.2) is 18.6 Å². The summed E-state index contributed by atoms with van der Waals surface area (Å²) in [6, 6.07) is 0.733. The monoisotopic (exact) mass is 416 g/mol. The van der Waals surface area contributed by atoms with Gasteiger partial charge in [0.05, 0.1) is 19.3 Å². The van der Waals surface area contributed by atoms with Crippen LogP contribution in [0.4, 0.5) is 18.7 Å². The first kappa shape index (κ1) is 19.3. The molecule has 11 heteroatoms. The topological polar surface area (TPSA) is 92.4 Å². The Morgan fingerprint density at radius 3 is 2.70 bits per heavy atom. The number of aromatic nitrogens is 1. The van der Waals surface area contributed by atoms with Crippen molar-refractivity contribution in [3.8, 4) is 5.75 Å². The molecule has 2 atom stereocenters. The van der Waals surface area contributed by atoms with E-state index in [1.54, 1.807) is 0 Å². The Morgan fingerprint density at radius 1 is 1.41 bits per heavy atom. The van der Waals surface area contributed by atoms with Crippen LogP contribution in [0.25, 0.3) is 0 Å². The maximum absolute atomic E-state index is 14.5. The van der Waals surface area contributed by atoms with Crippen LogP contribution in [0.5, 0.6) is 5.75 Å². The van der Waals surface area contributed by atoms with E-state index in [2.05, 4.69) is 20.9 Å². The first-order valence-electron chi connectivity index (χ1n) is 7.86. The molecule has 3 amide bonds. The fourth-order valence-electron chi connectivity index (χ4n) is 2.88. The van der Waals surface area contributed by atoms with Crippen molar-refractivity contribution in [2.24, 2.45) is 0 Å². The maximum Gasteiger partial charge on any atom is 0.321 e. The number of nitrogens with zero attached hydrogens (tertiary/aromatic N) is 1. The lowest BCUT2D eigenvalue weighted by Gasteiger charge is -2.32. The number of urea groups is 1. The summed E-state index contributed by atoms with van der Waals surface area (Å²) in [7, 11) is 1.29. The molecular weight excluding hydrogens is 402 g/mol. The van der Waals surface area contributed by atoms with E-state index in [1.807, 2.05) is 0 Å². The molecule has 7 nitrogen and oxygen atoms in total. The number of halogens is 3. The van der Waals surface area contributed by atoms with Gasteiger partial charge in [-0.3, -0.25) is 10.1 Å².